The maximum atomic E-state index is 6.61. The van der Waals surface area contributed by atoms with Gasteiger partial charge in [0.25, 0.3) is 0 Å². The summed E-state index contributed by atoms with van der Waals surface area (Å²) >= 11 is 0. The molecule has 0 saturated carbocycles. The van der Waals surface area contributed by atoms with Crippen LogP contribution in [0.15, 0.2) is 12.2 Å². The van der Waals surface area contributed by atoms with Crippen molar-refractivity contribution in [2.75, 3.05) is 0 Å². The van der Waals surface area contributed by atoms with E-state index in [1.165, 1.54) is 25.7 Å². The highest BCUT2D eigenvalue weighted by Gasteiger charge is 2.40. The lowest BCUT2D eigenvalue weighted by Gasteiger charge is -2.40. The minimum absolute atomic E-state index is 0.321. The molecule has 0 spiro atoms. The molecule has 1 aliphatic rings. The highest BCUT2D eigenvalue weighted by molar-refractivity contribution is 6.74. The molecule has 0 radical (unpaired) electrons. The van der Waals surface area contributed by atoms with Crippen LogP contribution in [0.25, 0.3) is 0 Å². The summed E-state index contributed by atoms with van der Waals surface area (Å²) < 4.78 is 6.61. The summed E-state index contributed by atoms with van der Waals surface area (Å²) in [6.45, 7) is 14.0. The van der Waals surface area contributed by atoms with Crippen LogP contribution >= 0.6 is 0 Å². The van der Waals surface area contributed by atoms with Gasteiger partial charge in [0, 0.05) is 5.92 Å². The highest BCUT2D eigenvalue weighted by Crippen LogP contribution is 2.39. The number of rotatable bonds is 5. The topological polar surface area (TPSA) is 9.23 Å². The van der Waals surface area contributed by atoms with E-state index in [-0.39, 0.29) is 0 Å². The van der Waals surface area contributed by atoms with E-state index >= 15 is 0 Å². The first-order valence-corrected chi connectivity index (χ1v) is 10.0. The lowest BCUT2D eigenvalue weighted by molar-refractivity contribution is 0.128. The molecular formula is C15H30OSi. The van der Waals surface area contributed by atoms with Crippen molar-refractivity contribution in [2.24, 2.45) is 5.92 Å². The lowest BCUT2D eigenvalue weighted by Crippen LogP contribution is -2.45. The molecule has 0 heterocycles. The van der Waals surface area contributed by atoms with E-state index in [0.717, 1.165) is 0 Å². The molecule has 0 saturated heterocycles. The van der Waals surface area contributed by atoms with Crippen LogP contribution in [0.3, 0.4) is 0 Å². The van der Waals surface area contributed by atoms with Crippen molar-refractivity contribution >= 4 is 8.32 Å². The fourth-order valence-corrected chi connectivity index (χ4v) is 3.57. The van der Waals surface area contributed by atoms with Crippen LogP contribution in [0.4, 0.5) is 0 Å². The standard InChI is InChI=1S/C15H30OSi/c1-7-10-14(13-11-8-9-12-13)16-17(5,6)15(2,3)4/h8,11,13-14H,7,9-10,12H2,1-6H3. The Balaban J connectivity index is 2.69. The molecule has 1 nitrogen and oxygen atoms in total. The Kier molecular flexibility index (Phi) is 5.03. The first-order chi connectivity index (χ1) is 7.78. The molecule has 0 aromatic carbocycles. The summed E-state index contributed by atoms with van der Waals surface area (Å²) in [5.74, 6) is 0.670. The van der Waals surface area contributed by atoms with Gasteiger partial charge >= 0.3 is 0 Å². The Morgan fingerprint density at radius 1 is 1.35 bits per heavy atom. The molecule has 0 bridgehead atoms. The molecule has 100 valence electrons. The summed E-state index contributed by atoms with van der Waals surface area (Å²) in [5.41, 5.74) is 0. The van der Waals surface area contributed by atoms with Crippen LogP contribution in [0, 0.1) is 5.92 Å². The van der Waals surface area contributed by atoms with E-state index in [1.54, 1.807) is 0 Å². The molecule has 1 rings (SSSR count). The van der Waals surface area contributed by atoms with Gasteiger partial charge in [-0.25, -0.2) is 0 Å². The third-order valence-corrected chi connectivity index (χ3v) is 8.86. The van der Waals surface area contributed by atoms with Gasteiger partial charge < -0.3 is 4.43 Å². The summed E-state index contributed by atoms with van der Waals surface area (Å²) in [6.07, 6.45) is 10.1. The summed E-state index contributed by atoms with van der Waals surface area (Å²) in [4.78, 5) is 0. The van der Waals surface area contributed by atoms with Crippen molar-refractivity contribution in [3.8, 4) is 0 Å². The van der Waals surface area contributed by atoms with Gasteiger partial charge in [0.2, 0.25) is 0 Å². The van der Waals surface area contributed by atoms with Crippen LogP contribution < -0.4 is 0 Å². The maximum Gasteiger partial charge on any atom is 0.192 e. The third kappa shape index (κ3) is 3.96. The monoisotopic (exact) mass is 254 g/mol. The Morgan fingerprint density at radius 2 is 2.00 bits per heavy atom. The van der Waals surface area contributed by atoms with Gasteiger partial charge in [0.1, 0.15) is 0 Å². The average Bonchev–Trinajstić information content (AvgIpc) is 2.67. The highest BCUT2D eigenvalue weighted by atomic mass is 28.4. The van der Waals surface area contributed by atoms with Crippen molar-refractivity contribution in [3.63, 3.8) is 0 Å². The van der Waals surface area contributed by atoms with Crippen molar-refractivity contribution < 1.29 is 4.43 Å². The summed E-state index contributed by atoms with van der Waals surface area (Å²) in [6, 6.07) is 0. The molecule has 2 atom stereocenters. The second-order valence-electron chi connectivity index (χ2n) is 6.87. The molecule has 0 aromatic heterocycles. The Labute approximate surface area is 109 Å². The zero-order chi connectivity index (χ0) is 13.1. The fourth-order valence-electron chi connectivity index (χ4n) is 2.17. The van der Waals surface area contributed by atoms with Crippen molar-refractivity contribution in [3.05, 3.63) is 12.2 Å². The van der Waals surface area contributed by atoms with Gasteiger partial charge in [0.05, 0.1) is 6.10 Å². The van der Waals surface area contributed by atoms with Gasteiger partial charge in [-0.2, -0.15) is 0 Å². The van der Waals surface area contributed by atoms with E-state index in [2.05, 4.69) is 52.9 Å². The molecule has 2 heteroatoms. The maximum absolute atomic E-state index is 6.61. The molecule has 0 amide bonds. The number of hydrogen-bond acceptors (Lipinski definition) is 1. The molecule has 0 fully saturated rings. The second kappa shape index (κ2) is 5.70. The fraction of sp³-hybridized carbons (Fsp3) is 0.867. The van der Waals surface area contributed by atoms with Crippen LogP contribution in [0.2, 0.25) is 18.1 Å². The smallest absolute Gasteiger partial charge is 0.192 e. The first-order valence-electron chi connectivity index (χ1n) is 7.12. The molecule has 17 heavy (non-hydrogen) atoms. The summed E-state index contributed by atoms with van der Waals surface area (Å²) in [7, 11) is -1.61. The Morgan fingerprint density at radius 3 is 2.41 bits per heavy atom. The SMILES string of the molecule is CCCC(O[Si](C)(C)C(C)(C)C)C1C=CCC1. The zero-order valence-electron chi connectivity index (χ0n) is 12.5. The van der Waals surface area contributed by atoms with Crippen molar-refractivity contribution in [1.29, 1.82) is 0 Å². The quantitative estimate of drug-likeness (QED) is 0.487. The Hall–Kier alpha value is -0.0831. The second-order valence-corrected chi connectivity index (χ2v) is 11.6. The minimum atomic E-state index is -1.61. The lowest BCUT2D eigenvalue weighted by atomic mass is 9.98. The van der Waals surface area contributed by atoms with Crippen molar-refractivity contribution in [2.45, 2.75) is 77.6 Å². The van der Waals surface area contributed by atoms with E-state index in [1.807, 2.05) is 0 Å². The zero-order valence-corrected chi connectivity index (χ0v) is 13.5. The van der Waals surface area contributed by atoms with Crippen LogP contribution in [-0.2, 0) is 4.43 Å². The largest absolute Gasteiger partial charge is 0.413 e. The van der Waals surface area contributed by atoms with Crippen LogP contribution in [0.5, 0.6) is 0 Å². The van der Waals surface area contributed by atoms with Crippen LogP contribution in [-0.4, -0.2) is 14.4 Å². The van der Waals surface area contributed by atoms with Crippen LogP contribution in [0.1, 0.15) is 53.4 Å². The summed E-state index contributed by atoms with van der Waals surface area (Å²) in [5, 5.41) is 0.321. The molecule has 2 unspecified atom stereocenters. The van der Waals surface area contributed by atoms with E-state index in [0.29, 0.717) is 17.1 Å². The van der Waals surface area contributed by atoms with Gasteiger partial charge in [-0.1, -0.05) is 46.3 Å². The normalized spacial score (nSPS) is 23.1. The molecular weight excluding hydrogens is 224 g/mol. The number of hydrogen-bond donors (Lipinski definition) is 0. The molecule has 0 aliphatic heterocycles. The van der Waals surface area contributed by atoms with Gasteiger partial charge in [0.15, 0.2) is 8.32 Å². The predicted molar refractivity (Wildman–Crippen MR) is 78.8 cm³/mol. The molecule has 0 N–H and O–H groups in total. The van der Waals surface area contributed by atoms with E-state index in [4.69, 9.17) is 4.43 Å². The Bertz CT molecular complexity index is 263. The number of allylic oxidation sites excluding steroid dienone is 1. The minimum Gasteiger partial charge on any atom is -0.413 e. The molecule has 0 aromatic rings. The van der Waals surface area contributed by atoms with Crippen molar-refractivity contribution in [1.82, 2.24) is 0 Å². The first kappa shape index (κ1) is 15.0. The predicted octanol–water partition coefficient (Wildman–Crippen LogP) is 5.14. The van der Waals surface area contributed by atoms with Gasteiger partial charge in [-0.15, -0.1) is 0 Å². The van der Waals surface area contributed by atoms with Gasteiger partial charge in [-0.05, 0) is 37.4 Å². The average molecular weight is 254 g/mol. The van der Waals surface area contributed by atoms with E-state index in [9.17, 15) is 0 Å². The molecule has 1 aliphatic carbocycles. The van der Waals surface area contributed by atoms with Gasteiger partial charge in [-0.3, -0.25) is 0 Å². The van der Waals surface area contributed by atoms with E-state index < -0.39 is 8.32 Å². The third-order valence-electron chi connectivity index (χ3n) is 4.35.